The van der Waals surface area contributed by atoms with Gasteiger partial charge in [-0.05, 0) is 44.4 Å². The molecule has 9 heteroatoms. The molecule has 0 bridgehead atoms. The van der Waals surface area contributed by atoms with Crippen molar-refractivity contribution in [3.63, 3.8) is 0 Å². The monoisotopic (exact) mass is 472 g/mol. The average molecular weight is 473 g/mol. The van der Waals surface area contributed by atoms with Crippen LogP contribution in [0.4, 0.5) is 10.2 Å². The van der Waals surface area contributed by atoms with E-state index in [0.29, 0.717) is 30.7 Å². The fraction of sp³-hybridized carbons (Fsp3) is 0.333. The largest absolute Gasteiger partial charge is 0.478 e. The summed E-state index contributed by atoms with van der Waals surface area (Å²) in [5.74, 6) is -0.159. The average Bonchev–Trinajstić information content (AvgIpc) is 3.22. The molecule has 33 heavy (non-hydrogen) atoms. The van der Waals surface area contributed by atoms with Gasteiger partial charge in [-0.15, -0.1) is 0 Å². The maximum Gasteiger partial charge on any atom is 0.239 e. The molecule has 174 valence electrons. The maximum atomic E-state index is 14.0. The molecule has 0 radical (unpaired) electrons. The first-order chi connectivity index (χ1) is 15.7. The van der Waals surface area contributed by atoms with Gasteiger partial charge in [0.25, 0.3) is 0 Å². The van der Waals surface area contributed by atoms with Crippen LogP contribution in [0.2, 0.25) is 5.02 Å². The molecule has 3 heterocycles. The van der Waals surface area contributed by atoms with Crippen molar-refractivity contribution in [2.24, 2.45) is 5.73 Å². The summed E-state index contributed by atoms with van der Waals surface area (Å²) in [6.07, 6.45) is 5.33. The lowest BCUT2D eigenvalue weighted by Crippen LogP contribution is -2.43. The third-order valence-electron chi connectivity index (χ3n) is 5.91. The summed E-state index contributed by atoms with van der Waals surface area (Å²) in [5, 5.41) is 0.756. The minimum Gasteiger partial charge on any atom is -0.478 e. The number of ether oxygens (including phenoxy) is 1. The second-order valence-corrected chi connectivity index (χ2v) is 8.65. The van der Waals surface area contributed by atoms with E-state index in [4.69, 9.17) is 32.2 Å². The van der Waals surface area contributed by atoms with Crippen molar-refractivity contribution < 1.29 is 18.3 Å². The number of hydrogen-bond acceptors (Lipinski definition) is 6. The van der Waals surface area contributed by atoms with Gasteiger partial charge in [0.05, 0.1) is 22.7 Å². The highest BCUT2D eigenvalue weighted by Crippen LogP contribution is 2.40. The standard InChI is InChI=1S/C24H26ClFN4O3/c1-12-4-5-18(26)20(25)19(12)14(3)33-22-21-16(10-29-23(22)28)17(11-32-21)15-6-8-30(9-7-15)24(31)13(2)27/h4-6,10-11,13-14H,7-9,27H2,1-3H3,(H2,28,29)/t13-,14?/m0/s1. The highest BCUT2D eigenvalue weighted by Gasteiger charge is 2.25. The fourth-order valence-electron chi connectivity index (χ4n) is 4.14. The van der Waals surface area contributed by atoms with E-state index in [9.17, 15) is 9.18 Å². The second kappa shape index (κ2) is 9.03. The Morgan fingerprint density at radius 1 is 1.36 bits per heavy atom. The highest BCUT2D eigenvalue weighted by molar-refractivity contribution is 6.31. The minimum absolute atomic E-state index is 0.0135. The molecular formula is C24H26ClFN4O3. The topological polar surface area (TPSA) is 108 Å². The third kappa shape index (κ3) is 4.28. The number of halogens is 2. The Balaban J connectivity index is 1.66. The van der Waals surface area contributed by atoms with E-state index in [1.807, 2.05) is 13.0 Å². The molecule has 4 rings (SSSR count). The smallest absolute Gasteiger partial charge is 0.239 e. The van der Waals surface area contributed by atoms with E-state index in [0.717, 1.165) is 22.1 Å². The maximum absolute atomic E-state index is 14.0. The highest BCUT2D eigenvalue weighted by atomic mass is 35.5. The number of aromatic nitrogens is 1. The van der Waals surface area contributed by atoms with Crippen LogP contribution in [0.5, 0.6) is 5.75 Å². The van der Waals surface area contributed by atoms with Gasteiger partial charge in [-0.3, -0.25) is 4.79 Å². The molecule has 7 nitrogen and oxygen atoms in total. The van der Waals surface area contributed by atoms with E-state index in [-0.39, 0.29) is 22.5 Å². The molecule has 0 fully saturated rings. The van der Waals surface area contributed by atoms with Gasteiger partial charge in [0.1, 0.15) is 11.9 Å². The SMILES string of the molecule is Cc1ccc(F)c(Cl)c1C(C)Oc1c(N)ncc2c(C3=CCN(C(=O)[C@H](C)N)CC3)coc12. The van der Waals surface area contributed by atoms with Crippen molar-refractivity contribution in [2.45, 2.75) is 39.3 Å². The summed E-state index contributed by atoms with van der Waals surface area (Å²) in [4.78, 5) is 18.2. The van der Waals surface area contributed by atoms with Crippen LogP contribution in [0.25, 0.3) is 16.5 Å². The summed E-state index contributed by atoms with van der Waals surface area (Å²) in [6, 6.07) is 2.45. The molecule has 1 unspecified atom stereocenters. The van der Waals surface area contributed by atoms with Gasteiger partial charge in [0.2, 0.25) is 11.7 Å². The van der Waals surface area contributed by atoms with Crippen LogP contribution in [0.1, 0.15) is 43.1 Å². The summed E-state index contributed by atoms with van der Waals surface area (Å²) < 4.78 is 26.0. The van der Waals surface area contributed by atoms with E-state index in [1.54, 1.807) is 37.3 Å². The van der Waals surface area contributed by atoms with Gasteiger partial charge >= 0.3 is 0 Å². The Hall–Kier alpha value is -3.10. The van der Waals surface area contributed by atoms with Crippen LogP contribution < -0.4 is 16.2 Å². The number of pyridine rings is 1. The second-order valence-electron chi connectivity index (χ2n) is 8.27. The van der Waals surface area contributed by atoms with Gasteiger partial charge in [0.15, 0.2) is 11.4 Å². The number of nitrogens with two attached hydrogens (primary N) is 2. The predicted molar refractivity (Wildman–Crippen MR) is 126 cm³/mol. The summed E-state index contributed by atoms with van der Waals surface area (Å²) in [5.41, 5.74) is 15.5. The molecule has 1 amide bonds. The molecule has 1 aliphatic heterocycles. The number of hydrogen-bond donors (Lipinski definition) is 2. The van der Waals surface area contributed by atoms with Crippen molar-refractivity contribution in [3.8, 4) is 5.75 Å². The molecule has 2 atom stereocenters. The lowest BCUT2D eigenvalue weighted by molar-refractivity contribution is -0.131. The Morgan fingerprint density at radius 2 is 2.12 bits per heavy atom. The lowest BCUT2D eigenvalue weighted by atomic mass is 9.99. The summed E-state index contributed by atoms with van der Waals surface area (Å²) in [7, 11) is 0. The molecule has 1 aliphatic rings. The number of carbonyl (C=O) groups excluding carboxylic acids is 1. The van der Waals surface area contributed by atoms with Crippen LogP contribution >= 0.6 is 11.6 Å². The zero-order chi connectivity index (χ0) is 23.9. The van der Waals surface area contributed by atoms with Crippen molar-refractivity contribution >= 4 is 39.9 Å². The number of nitrogens with zero attached hydrogens (tertiary/aromatic N) is 2. The Bertz CT molecular complexity index is 1250. The van der Waals surface area contributed by atoms with Crippen molar-refractivity contribution in [3.05, 3.63) is 58.2 Å². The molecule has 3 aromatic rings. The zero-order valence-electron chi connectivity index (χ0n) is 18.7. The van der Waals surface area contributed by atoms with Gasteiger partial charge < -0.3 is 25.5 Å². The number of fused-ring (bicyclic) bond motifs is 1. The van der Waals surface area contributed by atoms with Gasteiger partial charge in [-0.25, -0.2) is 9.37 Å². The minimum atomic E-state index is -0.594. The van der Waals surface area contributed by atoms with Crippen molar-refractivity contribution in [2.75, 3.05) is 18.8 Å². The normalized spacial score (nSPS) is 15.9. The van der Waals surface area contributed by atoms with Crippen LogP contribution in [0.3, 0.4) is 0 Å². The number of nitrogen functional groups attached to an aromatic ring is 1. The van der Waals surface area contributed by atoms with Gasteiger partial charge in [-0.1, -0.05) is 23.7 Å². The molecule has 4 N–H and O–H groups in total. The van der Waals surface area contributed by atoms with Crippen LogP contribution in [0.15, 0.2) is 35.1 Å². The van der Waals surface area contributed by atoms with E-state index < -0.39 is 18.0 Å². The molecule has 0 saturated carbocycles. The molecule has 2 aromatic heterocycles. The van der Waals surface area contributed by atoms with Gasteiger partial charge in [-0.2, -0.15) is 0 Å². The summed E-state index contributed by atoms with van der Waals surface area (Å²) in [6.45, 7) is 6.33. The van der Waals surface area contributed by atoms with Crippen LogP contribution in [0, 0.1) is 12.7 Å². The Labute approximate surface area is 196 Å². The number of aryl methyl sites for hydroxylation is 1. The number of carbonyl (C=O) groups is 1. The molecule has 0 spiro atoms. The fourth-order valence-corrected chi connectivity index (χ4v) is 4.51. The van der Waals surface area contributed by atoms with Crippen molar-refractivity contribution in [1.29, 1.82) is 0 Å². The number of amides is 1. The van der Waals surface area contributed by atoms with E-state index >= 15 is 0 Å². The molecular weight excluding hydrogens is 447 g/mol. The number of furan rings is 1. The first-order valence-corrected chi connectivity index (χ1v) is 11.1. The Morgan fingerprint density at radius 3 is 2.79 bits per heavy atom. The quantitative estimate of drug-likeness (QED) is 0.561. The van der Waals surface area contributed by atoms with Gasteiger partial charge in [0, 0.05) is 30.4 Å². The molecule has 0 aliphatic carbocycles. The van der Waals surface area contributed by atoms with E-state index in [1.165, 1.54) is 6.07 Å². The first-order valence-electron chi connectivity index (χ1n) is 10.7. The first kappa shape index (κ1) is 23.1. The van der Waals surface area contributed by atoms with Crippen LogP contribution in [-0.2, 0) is 4.79 Å². The number of rotatable bonds is 5. The number of anilines is 1. The number of benzene rings is 1. The van der Waals surface area contributed by atoms with Crippen molar-refractivity contribution in [1.82, 2.24) is 9.88 Å². The predicted octanol–water partition coefficient (Wildman–Crippen LogP) is 4.61. The van der Waals surface area contributed by atoms with E-state index in [2.05, 4.69) is 4.98 Å². The third-order valence-corrected chi connectivity index (χ3v) is 6.29. The summed E-state index contributed by atoms with van der Waals surface area (Å²) >= 11 is 6.21. The van der Waals surface area contributed by atoms with Crippen LogP contribution in [-0.4, -0.2) is 34.9 Å². The molecule has 0 saturated heterocycles. The zero-order valence-corrected chi connectivity index (χ0v) is 19.4. The lowest BCUT2D eigenvalue weighted by Gasteiger charge is -2.27. The molecule has 1 aromatic carbocycles. The Kier molecular flexibility index (Phi) is 6.32.